The van der Waals surface area contributed by atoms with Gasteiger partial charge in [-0.3, -0.25) is 15.0 Å². The summed E-state index contributed by atoms with van der Waals surface area (Å²) in [6, 6.07) is 4.86. The Morgan fingerprint density at radius 2 is 2.29 bits per heavy atom. The maximum absolute atomic E-state index is 10.7. The van der Waals surface area contributed by atoms with Crippen molar-refractivity contribution >= 4 is 5.69 Å². The first kappa shape index (κ1) is 11.8. The van der Waals surface area contributed by atoms with Crippen LogP contribution >= 0.6 is 0 Å². The van der Waals surface area contributed by atoms with Crippen molar-refractivity contribution in [3.05, 3.63) is 33.9 Å². The Labute approximate surface area is 99.1 Å². The van der Waals surface area contributed by atoms with Gasteiger partial charge in [0.1, 0.15) is 5.75 Å². The van der Waals surface area contributed by atoms with Gasteiger partial charge in [0.2, 0.25) is 0 Å². The van der Waals surface area contributed by atoms with Gasteiger partial charge in [-0.1, -0.05) is 0 Å². The number of rotatable bonds is 4. The molecule has 0 aromatic heterocycles. The van der Waals surface area contributed by atoms with Crippen LogP contribution in [0.1, 0.15) is 5.56 Å². The van der Waals surface area contributed by atoms with E-state index in [1.165, 1.54) is 6.07 Å². The molecule has 0 atom stereocenters. The summed E-state index contributed by atoms with van der Waals surface area (Å²) in [6.45, 7) is 2.29. The Hall–Kier alpha value is -1.66. The van der Waals surface area contributed by atoms with Gasteiger partial charge in [-0.05, 0) is 6.07 Å². The Balaban J connectivity index is 2.17. The van der Waals surface area contributed by atoms with Crippen molar-refractivity contribution in [3.63, 3.8) is 0 Å². The zero-order chi connectivity index (χ0) is 12.4. The van der Waals surface area contributed by atoms with Crippen molar-refractivity contribution in [2.75, 3.05) is 20.2 Å². The van der Waals surface area contributed by atoms with Crippen LogP contribution in [0.3, 0.4) is 0 Å². The van der Waals surface area contributed by atoms with Crippen molar-refractivity contribution in [1.82, 2.24) is 4.90 Å². The molecule has 2 rings (SSSR count). The minimum Gasteiger partial charge on any atom is -0.496 e. The van der Waals surface area contributed by atoms with Crippen LogP contribution in [0.15, 0.2) is 18.2 Å². The molecular formula is C11H15N3O3. The summed E-state index contributed by atoms with van der Waals surface area (Å²) in [4.78, 5) is 12.4. The highest BCUT2D eigenvalue weighted by atomic mass is 16.6. The lowest BCUT2D eigenvalue weighted by molar-refractivity contribution is -0.385. The topological polar surface area (TPSA) is 81.6 Å². The fraction of sp³-hybridized carbons (Fsp3) is 0.455. The second-order valence-corrected chi connectivity index (χ2v) is 4.21. The minimum atomic E-state index is -0.398. The van der Waals surface area contributed by atoms with E-state index in [-0.39, 0.29) is 11.7 Å². The van der Waals surface area contributed by atoms with Crippen molar-refractivity contribution in [2.45, 2.75) is 12.6 Å². The van der Waals surface area contributed by atoms with Gasteiger partial charge < -0.3 is 10.5 Å². The average Bonchev–Trinajstić information content (AvgIpc) is 2.26. The van der Waals surface area contributed by atoms with Crippen LogP contribution < -0.4 is 10.5 Å². The Bertz CT molecular complexity index is 430. The molecule has 1 aliphatic rings. The van der Waals surface area contributed by atoms with Gasteiger partial charge in [0, 0.05) is 43.4 Å². The SMILES string of the molecule is COc1ccc([N+](=O)[O-])cc1CN1CC(N)C1. The number of hydrogen-bond acceptors (Lipinski definition) is 5. The van der Waals surface area contributed by atoms with Gasteiger partial charge in [0.05, 0.1) is 12.0 Å². The van der Waals surface area contributed by atoms with E-state index in [9.17, 15) is 10.1 Å². The Morgan fingerprint density at radius 1 is 1.59 bits per heavy atom. The van der Waals surface area contributed by atoms with E-state index >= 15 is 0 Å². The molecule has 0 spiro atoms. The second-order valence-electron chi connectivity index (χ2n) is 4.21. The fourth-order valence-electron chi connectivity index (χ4n) is 1.98. The summed E-state index contributed by atoms with van der Waals surface area (Å²) >= 11 is 0. The monoisotopic (exact) mass is 237 g/mol. The van der Waals surface area contributed by atoms with E-state index < -0.39 is 4.92 Å². The molecule has 0 amide bonds. The maximum Gasteiger partial charge on any atom is 0.270 e. The minimum absolute atomic E-state index is 0.0885. The first-order chi connectivity index (χ1) is 8.10. The van der Waals surface area contributed by atoms with Crippen LogP contribution in [-0.4, -0.2) is 36.1 Å². The zero-order valence-electron chi connectivity index (χ0n) is 9.63. The summed E-state index contributed by atoms with van der Waals surface area (Å²) in [5, 5.41) is 10.7. The predicted molar refractivity (Wildman–Crippen MR) is 62.9 cm³/mol. The van der Waals surface area contributed by atoms with Crippen molar-refractivity contribution in [3.8, 4) is 5.75 Å². The second kappa shape index (κ2) is 4.68. The van der Waals surface area contributed by atoms with Crippen LogP contribution in [0.2, 0.25) is 0 Å². The molecule has 0 bridgehead atoms. The molecule has 92 valence electrons. The molecule has 1 saturated heterocycles. The van der Waals surface area contributed by atoms with Gasteiger partial charge in [-0.2, -0.15) is 0 Å². The molecule has 0 unspecified atom stereocenters. The fourth-order valence-corrected chi connectivity index (χ4v) is 1.98. The van der Waals surface area contributed by atoms with Gasteiger partial charge in [-0.15, -0.1) is 0 Å². The van der Waals surface area contributed by atoms with E-state index in [1.807, 2.05) is 0 Å². The van der Waals surface area contributed by atoms with Gasteiger partial charge in [0.15, 0.2) is 0 Å². The van der Waals surface area contributed by atoms with E-state index in [0.29, 0.717) is 12.3 Å². The lowest BCUT2D eigenvalue weighted by Crippen LogP contribution is -2.54. The quantitative estimate of drug-likeness (QED) is 0.617. The van der Waals surface area contributed by atoms with Gasteiger partial charge in [0.25, 0.3) is 5.69 Å². The molecule has 1 heterocycles. The first-order valence-corrected chi connectivity index (χ1v) is 5.39. The number of hydrogen-bond donors (Lipinski definition) is 1. The molecule has 17 heavy (non-hydrogen) atoms. The lowest BCUT2D eigenvalue weighted by Gasteiger charge is -2.36. The van der Waals surface area contributed by atoms with E-state index in [4.69, 9.17) is 10.5 Å². The van der Waals surface area contributed by atoms with Crippen LogP contribution in [0.5, 0.6) is 5.75 Å². The molecule has 1 aromatic rings. The number of nitro benzene ring substituents is 1. The van der Waals surface area contributed by atoms with E-state index in [0.717, 1.165) is 18.7 Å². The van der Waals surface area contributed by atoms with Gasteiger partial charge in [-0.25, -0.2) is 0 Å². The highest BCUT2D eigenvalue weighted by Crippen LogP contribution is 2.26. The van der Waals surface area contributed by atoms with Crippen LogP contribution in [0, 0.1) is 10.1 Å². The number of benzene rings is 1. The van der Waals surface area contributed by atoms with Crippen molar-refractivity contribution in [2.24, 2.45) is 5.73 Å². The van der Waals surface area contributed by atoms with E-state index in [2.05, 4.69) is 4.90 Å². The smallest absolute Gasteiger partial charge is 0.270 e. The van der Waals surface area contributed by atoms with Crippen molar-refractivity contribution in [1.29, 1.82) is 0 Å². The third-order valence-electron chi connectivity index (χ3n) is 2.85. The van der Waals surface area contributed by atoms with E-state index in [1.54, 1.807) is 19.2 Å². The molecule has 6 nitrogen and oxygen atoms in total. The highest BCUT2D eigenvalue weighted by molar-refractivity contribution is 5.43. The molecule has 1 aromatic carbocycles. The van der Waals surface area contributed by atoms with Crippen LogP contribution in [0.4, 0.5) is 5.69 Å². The number of methoxy groups -OCH3 is 1. The number of nitrogens with zero attached hydrogens (tertiary/aromatic N) is 2. The third-order valence-corrected chi connectivity index (χ3v) is 2.85. The molecule has 0 saturated carbocycles. The van der Waals surface area contributed by atoms with Gasteiger partial charge >= 0.3 is 0 Å². The summed E-state index contributed by atoms with van der Waals surface area (Å²) in [5.74, 6) is 0.677. The Kier molecular flexibility index (Phi) is 3.26. The highest BCUT2D eigenvalue weighted by Gasteiger charge is 2.24. The Morgan fingerprint density at radius 3 is 2.82 bits per heavy atom. The summed E-state index contributed by atoms with van der Waals surface area (Å²) < 4.78 is 5.20. The number of likely N-dealkylation sites (tertiary alicyclic amines) is 1. The maximum atomic E-state index is 10.7. The lowest BCUT2D eigenvalue weighted by atomic mass is 10.1. The van der Waals surface area contributed by atoms with Crippen LogP contribution in [0.25, 0.3) is 0 Å². The molecule has 2 N–H and O–H groups in total. The number of nitrogens with two attached hydrogens (primary N) is 1. The third kappa shape index (κ3) is 2.54. The molecule has 1 fully saturated rings. The molecular weight excluding hydrogens is 222 g/mol. The number of non-ortho nitro benzene ring substituents is 1. The largest absolute Gasteiger partial charge is 0.496 e. The summed E-state index contributed by atoms with van der Waals surface area (Å²) in [6.07, 6.45) is 0. The summed E-state index contributed by atoms with van der Waals surface area (Å²) in [7, 11) is 1.56. The molecule has 0 radical (unpaired) electrons. The standard InChI is InChI=1S/C11H15N3O3/c1-17-11-3-2-10(14(15)16)4-8(11)5-13-6-9(12)7-13/h2-4,9H,5-7,12H2,1H3. The number of ether oxygens (including phenoxy) is 1. The molecule has 6 heteroatoms. The molecule has 1 aliphatic heterocycles. The number of nitro groups is 1. The van der Waals surface area contributed by atoms with Crippen LogP contribution in [-0.2, 0) is 6.54 Å². The normalized spacial score (nSPS) is 16.6. The average molecular weight is 237 g/mol. The predicted octanol–water partition coefficient (Wildman–Crippen LogP) is 0.746. The molecule has 0 aliphatic carbocycles. The van der Waals surface area contributed by atoms with Crippen molar-refractivity contribution < 1.29 is 9.66 Å². The first-order valence-electron chi connectivity index (χ1n) is 5.39. The summed E-state index contributed by atoms with van der Waals surface area (Å²) in [5.41, 5.74) is 6.61. The zero-order valence-corrected chi connectivity index (χ0v) is 9.63.